The molecule has 0 unspecified atom stereocenters. The maximum atomic E-state index is 2.40. The van der Waals surface area contributed by atoms with Crippen LogP contribution in [-0.4, -0.2) is 13.0 Å². The molecule has 147 valence electrons. The Hall–Kier alpha value is -4.04. The molecule has 0 atom stereocenters. The van der Waals surface area contributed by atoms with E-state index >= 15 is 0 Å². The van der Waals surface area contributed by atoms with Gasteiger partial charge in [-0.3, -0.25) is 0 Å². The number of hydrogen-bond acceptors (Lipinski definition) is 0. The standard InChI is InChI=1S/C30H19N.B/c1-2-10-20(11-3-1)31-29-17-9-8-16-25(29)28-18-26-23-14-6-4-12-21(23)22-13-5-7-15-24(22)27(26)19-30(28)31;/h1-19H;. The third-order valence-corrected chi connectivity index (χ3v) is 6.55. The molecule has 0 aliphatic heterocycles. The Morgan fingerprint density at radius 1 is 0.344 bits per heavy atom. The van der Waals surface area contributed by atoms with E-state index in [1.807, 2.05) is 0 Å². The number of hydrogen-bond donors (Lipinski definition) is 0. The van der Waals surface area contributed by atoms with E-state index in [4.69, 9.17) is 0 Å². The first-order valence-electron chi connectivity index (χ1n) is 10.7. The van der Waals surface area contributed by atoms with Crippen molar-refractivity contribution in [1.82, 2.24) is 4.57 Å². The molecule has 0 aliphatic carbocycles. The molecule has 1 heterocycles. The van der Waals surface area contributed by atoms with Gasteiger partial charge in [0, 0.05) is 24.9 Å². The molecule has 7 rings (SSSR count). The minimum Gasteiger partial charge on any atom is -0.309 e. The molecule has 0 fully saturated rings. The summed E-state index contributed by atoms with van der Waals surface area (Å²) in [7, 11) is 0. The average molecular weight is 404 g/mol. The zero-order valence-electron chi connectivity index (χ0n) is 17.5. The van der Waals surface area contributed by atoms with Gasteiger partial charge in [-0.1, -0.05) is 84.9 Å². The molecule has 0 N–H and O–H groups in total. The molecule has 32 heavy (non-hydrogen) atoms. The predicted octanol–water partition coefficient (Wildman–Crippen LogP) is 7.86. The summed E-state index contributed by atoms with van der Waals surface area (Å²) < 4.78 is 2.40. The molecule has 0 saturated carbocycles. The minimum atomic E-state index is 0. The summed E-state index contributed by atoms with van der Waals surface area (Å²) in [5.74, 6) is 0. The van der Waals surface area contributed by atoms with Gasteiger partial charge in [-0.25, -0.2) is 0 Å². The summed E-state index contributed by atoms with van der Waals surface area (Å²) in [5.41, 5.74) is 3.69. The van der Waals surface area contributed by atoms with Crippen molar-refractivity contribution in [3.63, 3.8) is 0 Å². The summed E-state index contributed by atoms with van der Waals surface area (Å²) in [5, 5.41) is 10.5. The number of benzene rings is 6. The lowest BCUT2D eigenvalue weighted by molar-refractivity contribution is 1.18. The highest BCUT2D eigenvalue weighted by Gasteiger charge is 2.15. The molecule has 6 aromatic carbocycles. The number of aromatic nitrogens is 1. The molecule has 1 nitrogen and oxygen atoms in total. The summed E-state index contributed by atoms with van der Waals surface area (Å²) in [6.07, 6.45) is 0. The van der Waals surface area contributed by atoms with Crippen molar-refractivity contribution in [3.8, 4) is 5.69 Å². The van der Waals surface area contributed by atoms with Crippen molar-refractivity contribution < 1.29 is 0 Å². The molecule has 0 amide bonds. The zero-order valence-corrected chi connectivity index (χ0v) is 17.5. The van der Waals surface area contributed by atoms with Gasteiger partial charge in [-0.2, -0.15) is 0 Å². The first-order chi connectivity index (χ1) is 15.4. The van der Waals surface area contributed by atoms with Crippen LogP contribution in [0.4, 0.5) is 0 Å². The average Bonchev–Trinajstić information content (AvgIpc) is 3.17. The Morgan fingerprint density at radius 2 is 0.812 bits per heavy atom. The number of rotatable bonds is 1. The second-order valence-electron chi connectivity index (χ2n) is 8.19. The Morgan fingerprint density at radius 3 is 1.44 bits per heavy atom. The van der Waals surface area contributed by atoms with Gasteiger partial charge in [0.1, 0.15) is 0 Å². The predicted molar refractivity (Wildman–Crippen MR) is 139 cm³/mol. The summed E-state index contributed by atoms with van der Waals surface area (Å²) in [6, 6.07) is 41.8. The van der Waals surface area contributed by atoms with E-state index in [-0.39, 0.29) is 8.41 Å². The lowest BCUT2D eigenvalue weighted by Crippen LogP contribution is -1.93. The third-order valence-electron chi connectivity index (χ3n) is 6.55. The minimum absolute atomic E-state index is 0. The second-order valence-corrected chi connectivity index (χ2v) is 8.19. The van der Waals surface area contributed by atoms with Gasteiger partial charge >= 0.3 is 0 Å². The van der Waals surface area contributed by atoms with Crippen molar-refractivity contribution in [1.29, 1.82) is 0 Å². The molecule has 0 aliphatic rings. The van der Waals surface area contributed by atoms with Gasteiger partial charge in [0.25, 0.3) is 0 Å². The summed E-state index contributed by atoms with van der Waals surface area (Å²) in [4.78, 5) is 0. The van der Waals surface area contributed by atoms with E-state index in [2.05, 4.69) is 120 Å². The highest BCUT2D eigenvalue weighted by atomic mass is 15.0. The molecule has 0 spiro atoms. The Balaban J connectivity index is 0.00000196. The molecule has 1 aromatic heterocycles. The van der Waals surface area contributed by atoms with Crippen LogP contribution in [0.5, 0.6) is 0 Å². The van der Waals surface area contributed by atoms with Gasteiger partial charge in [-0.15, -0.1) is 0 Å². The van der Waals surface area contributed by atoms with E-state index < -0.39 is 0 Å². The number of para-hydroxylation sites is 2. The molecular weight excluding hydrogens is 385 g/mol. The maximum Gasteiger partial charge on any atom is 0.0547 e. The summed E-state index contributed by atoms with van der Waals surface area (Å²) in [6.45, 7) is 0. The van der Waals surface area contributed by atoms with Crippen LogP contribution in [0.25, 0.3) is 59.8 Å². The molecule has 0 bridgehead atoms. The highest BCUT2D eigenvalue weighted by molar-refractivity contribution is 6.28. The quantitative estimate of drug-likeness (QED) is 0.194. The van der Waals surface area contributed by atoms with Gasteiger partial charge in [0.15, 0.2) is 0 Å². The van der Waals surface area contributed by atoms with E-state index in [1.165, 1.54) is 59.8 Å². The van der Waals surface area contributed by atoms with Crippen LogP contribution in [0.3, 0.4) is 0 Å². The van der Waals surface area contributed by atoms with Gasteiger partial charge < -0.3 is 4.57 Å². The fraction of sp³-hybridized carbons (Fsp3) is 0. The first-order valence-corrected chi connectivity index (χ1v) is 10.7. The van der Waals surface area contributed by atoms with Gasteiger partial charge in [-0.05, 0) is 62.6 Å². The smallest absolute Gasteiger partial charge is 0.0547 e. The second kappa shape index (κ2) is 7.00. The van der Waals surface area contributed by atoms with E-state index in [1.54, 1.807) is 0 Å². The third kappa shape index (κ3) is 2.47. The Kier molecular flexibility index (Phi) is 4.09. The molecule has 0 saturated heterocycles. The fourth-order valence-corrected chi connectivity index (χ4v) is 5.22. The zero-order chi connectivity index (χ0) is 20.4. The van der Waals surface area contributed by atoms with Crippen LogP contribution in [0.2, 0.25) is 0 Å². The topological polar surface area (TPSA) is 4.93 Å². The SMILES string of the molecule is [B].c1ccc(-n2c3ccccc3c3cc4c5ccccc5c5ccccc5c4cc32)cc1. The van der Waals surface area contributed by atoms with E-state index in [9.17, 15) is 0 Å². The van der Waals surface area contributed by atoms with Crippen molar-refractivity contribution >= 4 is 62.5 Å². The Bertz CT molecular complexity index is 1780. The van der Waals surface area contributed by atoms with Crippen LogP contribution in [0.1, 0.15) is 0 Å². The van der Waals surface area contributed by atoms with Gasteiger partial charge in [0.05, 0.1) is 11.0 Å². The van der Waals surface area contributed by atoms with Gasteiger partial charge in [0.2, 0.25) is 0 Å². The van der Waals surface area contributed by atoms with Crippen molar-refractivity contribution in [2.45, 2.75) is 0 Å². The lowest BCUT2D eigenvalue weighted by Gasteiger charge is -2.12. The van der Waals surface area contributed by atoms with Crippen molar-refractivity contribution in [2.75, 3.05) is 0 Å². The Labute approximate surface area is 188 Å². The summed E-state index contributed by atoms with van der Waals surface area (Å²) >= 11 is 0. The highest BCUT2D eigenvalue weighted by Crippen LogP contribution is 2.40. The van der Waals surface area contributed by atoms with Crippen LogP contribution >= 0.6 is 0 Å². The van der Waals surface area contributed by atoms with Crippen molar-refractivity contribution in [2.24, 2.45) is 0 Å². The molecular formula is C30H19BN. The normalized spacial score (nSPS) is 11.5. The van der Waals surface area contributed by atoms with E-state index in [0.29, 0.717) is 0 Å². The maximum absolute atomic E-state index is 2.40. The van der Waals surface area contributed by atoms with E-state index in [0.717, 1.165) is 0 Å². The van der Waals surface area contributed by atoms with Crippen LogP contribution in [0, 0.1) is 0 Å². The van der Waals surface area contributed by atoms with Crippen LogP contribution < -0.4 is 0 Å². The molecule has 7 aromatic rings. The first kappa shape index (κ1) is 18.7. The molecule has 3 radical (unpaired) electrons. The fourth-order valence-electron chi connectivity index (χ4n) is 5.22. The monoisotopic (exact) mass is 404 g/mol. The largest absolute Gasteiger partial charge is 0.309 e. The number of nitrogens with zero attached hydrogens (tertiary/aromatic N) is 1. The number of fused-ring (bicyclic) bond motifs is 9. The van der Waals surface area contributed by atoms with Crippen molar-refractivity contribution in [3.05, 3.63) is 115 Å². The van der Waals surface area contributed by atoms with Crippen LogP contribution in [0.15, 0.2) is 115 Å². The lowest BCUT2D eigenvalue weighted by atomic mass is 9.93. The molecule has 2 heteroatoms. The van der Waals surface area contributed by atoms with Crippen LogP contribution in [-0.2, 0) is 0 Å².